The van der Waals surface area contributed by atoms with E-state index in [1.54, 1.807) is 6.92 Å². The van der Waals surface area contributed by atoms with Crippen molar-refractivity contribution in [1.29, 1.82) is 0 Å². The van der Waals surface area contributed by atoms with E-state index in [1.807, 2.05) is 6.92 Å². The van der Waals surface area contributed by atoms with Gasteiger partial charge < -0.3 is 4.74 Å². The first-order valence-corrected chi connectivity index (χ1v) is 5.90. The minimum absolute atomic E-state index is 0.0741. The van der Waals surface area contributed by atoms with Crippen molar-refractivity contribution in [3.8, 4) is 0 Å². The summed E-state index contributed by atoms with van der Waals surface area (Å²) in [6, 6.07) is 0.0741. The summed E-state index contributed by atoms with van der Waals surface area (Å²) in [7, 11) is 0. The van der Waals surface area contributed by atoms with Crippen molar-refractivity contribution in [3.05, 3.63) is 0 Å². The quantitative estimate of drug-likeness (QED) is 0.714. The third-order valence-electron chi connectivity index (χ3n) is 3.08. The molecule has 3 nitrogen and oxygen atoms in total. The fourth-order valence-electron chi connectivity index (χ4n) is 2.04. The van der Waals surface area contributed by atoms with E-state index in [0.29, 0.717) is 12.2 Å². The molecule has 1 fully saturated rings. The lowest BCUT2D eigenvalue weighted by molar-refractivity contribution is -0.123. The van der Waals surface area contributed by atoms with E-state index in [9.17, 15) is 4.79 Å². The summed E-state index contributed by atoms with van der Waals surface area (Å²) in [5.41, 5.74) is 0. The van der Waals surface area contributed by atoms with E-state index in [4.69, 9.17) is 4.74 Å². The highest BCUT2D eigenvalue weighted by Crippen LogP contribution is 2.17. The summed E-state index contributed by atoms with van der Waals surface area (Å²) in [5.74, 6) is 0.262. The van der Waals surface area contributed by atoms with Crippen molar-refractivity contribution in [2.24, 2.45) is 0 Å². The van der Waals surface area contributed by atoms with Crippen molar-refractivity contribution in [2.75, 3.05) is 13.1 Å². The third-order valence-corrected chi connectivity index (χ3v) is 3.08. The van der Waals surface area contributed by atoms with Gasteiger partial charge in [0, 0.05) is 13.1 Å². The Balaban J connectivity index is 2.32. The van der Waals surface area contributed by atoms with E-state index in [-0.39, 0.29) is 11.8 Å². The maximum absolute atomic E-state index is 11.2. The summed E-state index contributed by atoms with van der Waals surface area (Å²) >= 11 is 0. The Morgan fingerprint density at radius 3 is 2.20 bits per heavy atom. The van der Waals surface area contributed by atoms with Gasteiger partial charge in [0.15, 0.2) is 0 Å². The van der Waals surface area contributed by atoms with Gasteiger partial charge in [0.05, 0.1) is 18.2 Å². The van der Waals surface area contributed by atoms with E-state index < -0.39 is 0 Å². The lowest BCUT2D eigenvalue weighted by Crippen LogP contribution is -2.45. The van der Waals surface area contributed by atoms with Gasteiger partial charge in [0.1, 0.15) is 5.78 Å². The molecule has 0 bridgehead atoms. The molecular weight excluding hydrogens is 190 g/mol. The molecule has 0 aliphatic carbocycles. The standard InChI is InChI=1S/C12H23NO2/c1-9(2)15-12-5-7-13(8-6-12)10(3)11(4)14/h9-10,12H,5-8H2,1-4H3. The van der Waals surface area contributed by atoms with Gasteiger partial charge in [-0.15, -0.1) is 0 Å². The van der Waals surface area contributed by atoms with Crippen LogP contribution in [-0.2, 0) is 9.53 Å². The Labute approximate surface area is 92.8 Å². The first-order valence-electron chi connectivity index (χ1n) is 5.90. The van der Waals surface area contributed by atoms with Crippen LogP contribution in [0.25, 0.3) is 0 Å². The summed E-state index contributed by atoms with van der Waals surface area (Å²) in [6.07, 6.45) is 2.80. The van der Waals surface area contributed by atoms with Crippen molar-refractivity contribution in [2.45, 2.75) is 58.8 Å². The summed E-state index contributed by atoms with van der Waals surface area (Å²) < 4.78 is 5.77. The molecule has 0 aromatic rings. The first-order chi connectivity index (χ1) is 7.00. The molecule has 1 atom stereocenters. The monoisotopic (exact) mass is 213 g/mol. The van der Waals surface area contributed by atoms with Crippen LogP contribution in [0.4, 0.5) is 0 Å². The second-order valence-electron chi connectivity index (χ2n) is 4.71. The average molecular weight is 213 g/mol. The van der Waals surface area contributed by atoms with Gasteiger partial charge in [-0.05, 0) is 40.5 Å². The molecule has 15 heavy (non-hydrogen) atoms. The van der Waals surface area contributed by atoms with Gasteiger partial charge in [-0.2, -0.15) is 0 Å². The topological polar surface area (TPSA) is 29.5 Å². The molecule has 3 heteroatoms. The second-order valence-corrected chi connectivity index (χ2v) is 4.71. The Kier molecular flexibility index (Phi) is 4.74. The number of nitrogens with zero attached hydrogens (tertiary/aromatic N) is 1. The highest BCUT2D eigenvalue weighted by molar-refractivity contribution is 5.80. The maximum atomic E-state index is 11.2. The Hall–Kier alpha value is -0.410. The smallest absolute Gasteiger partial charge is 0.146 e. The van der Waals surface area contributed by atoms with Crippen LogP contribution in [-0.4, -0.2) is 42.0 Å². The van der Waals surface area contributed by atoms with Crippen LogP contribution in [0.3, 0.4) is 0 Å². The molecule has 0 spiro atoms. The van der Waals surface area contributed by atoms with Crippen LogP contribution in [0.5, 0.6) is 0 Å². The van der Waals surface area contributed by atoms with Crippen LogP contribution < -0.4 is 0 Å². The number of ether oxygens (including phenoxy) is 1. The molecule has 1 aliphatic heterocycles. The number of likely N-dealkylation sites (tertiary alicyclic amines) is 1. The van der Waals surface area contributed by atoms with Crippen LogP contribution in [0, 0.1) is 0 Å². The maximum Gasteiger partial charge on any atom is 0.146 e. The lowest BCUT2D eigenvalue weighted by Gasteiger charge is -2.35. The van der Waals surface area contributed by atoms with Gasteiger partial charge in [-0.25, -0.2) is 0 Å². The van der Waals surface area contributed by atoms with Crippen LogP contribution in [0.1, 0.15) is 40.5 Å². The largest absolute Gasteiger partial charge is 0.375 e. The first kappa shape index (κ1) is 12.7. The Morgan fingerprint density at radius 2 is 1.80 bits per heavy atom. The van der Waals surface area contributed by atoms with E-state index in [1.165, 1.54) is 0 Å². The fraction of sp³-hybridized carbons (Fsp3) is 0.917. The molecule has 1 saturated heterocycles. The highest BCUT2D eigenvalue weighted by atomic mass is 16.5. The van der Waals surface area contributed by atoms with Crippen LogP contribution in [0.15, 0.2) is 0 Å². The second kappa shape index (κ2) is 5.61. The minimum atomic E-state index is 0.0741. The number of rotatable bonds is 4. The molecule has 88 valence electrons. The number of piperidine rings is 1. The van der Waals surface area contributed by atoms with Gasteiger partial charge >= 0.3 is 0 Å². The van der Waals surface area contributed by atoms with E-state index in [2.05, 4.69) is 18.7 Å². The molecule has 1 rings (SSSR count). The van der Waals surface area contributed by atoms with Crippen molar-refractivity contribution < 1.29 is 9.53 Å². The SMILES string of the molecule is CC(=O)C(C)N1CCC(OC(C)C)CC1. The fourth-order valence-corrected chi connectivity index (χ4v) is 2.04. The number of hydrogen-bond donors (Lipinski definition) is 0. The highest BCUT2D eigenvalue weighted by Gasteiger charge is 2.25. The molecule has 1 heterocycles. The minimum Gasteiger partial charge on any atom is -0.375 e. The zero-order valence-corrected chi connectivity index (χ0v) is 10.3. The predicted molar refractivity (Wildman–Crippen MR) is 61.0 cm³/mol. The Morgan fingerprint density at radius 1 is 1.27 bits per heavy atom. The molecule has 0 aromatic carbocycles. The molecule has 1 unspecified atom stereocenters. The molecule has 0 saturated carbocycles. The summed E-state index contributed by atoms with van der Waals surface area (Å²) in [6.45, 7) is 9.78. The number of Topliss-reactive ketones (excluding diaryl/α,β-unsaturated/α-hetero) is 1. The molecule has 0 amide bonds. The van der Waals surface area contributed by atoms with Crippen LogP contribution >= 0.6 is 0 Å². The zero-order chi connectivity index (χ0) is 11.4. The van der Waals surface area contributed by atoms with E-state index in [0.717, 1.165) is 25.9 Å². The summed E-state index contributed by atoms with van der Waals surface area (Å²) in [5, 5.41) is 0. The number of hydrogen-bond acceptors (Lipinski definition) is 3. The summed E-state index contributed by atoms with van der Waals surface area (Å²) in [4.78, 5) is 13.5. The van der Waals surface area contributed by atoms with Crippen molar-refractivity contribution >= 4 is 5.78 Å². The van der Waals surface area contributed by atoms with Crippen molar-refractivity contribution in [3.63, 3.8) is 0 Å². The van der Waals surface area contributed by atoms with Gasteiger partial charge in [-0.3, -0.25) is 9.69 Å². The average Bonchev–Trinajstić information content (AvgIpc) is 2.17. The zero-order valence-electron chi connectivity index (χ0n) is 10.3. The van der Waals surface area contributed by atoms with Crippen LogP contribution in [0.2, 0.25) is 0 Å². The number of carbonyl (C=O) groups excluding carboxylic acids is 1. The predicted octanol–water partition coefficient (Wildman–Crippen LogP) is 1.85. The molecule has 1 aliphatic rings. The number of ketones is 1. The normalized spacial score (nSPS) is 21.9. The van der Waals surface area contributed by atoms with Gasteiger partial charge in [0.25, 0.3) is 0 Å². The molecular formula is C12H23NO2. The lowest BCUT2D eigenvalue weighted by atomic mass is 10.0. The molecule has 0 aromatic heterocycles. The molecule has 0 N–H and O–H groups in total. The molecule has 0 radical (unpaired) electrons. The van der Waals surface area contributed by atoms with Gasteiger partial charge in [0.2, 0.25) is 0 Å². The van der Waals surface area contributed by atoms with E-state index >= 15 is 0 Å². The van der Waals surface area contributed by atoms with Crippen molar-refractivity contribution in [1.82, 2.24) is 4.90 Å². The van der Waals surface area contributed by atoms with Gasteiger partial charge in [-0.1, -0.05) is 0 Å². The Bertz CT molecular complexity index is 208. The third kappa shape index (κ3) is 3.92. The number of carbonyl (C=O) groups is 1.